The fourth-order valence-corrected chi connectivity index (χ4v) is 4.27. The second kappa shape index (κ2) is 9.32. The van der Waals surface area contributed by atoms with Gasteiger partial charge in [0.25, 0.3) is 5.91 Å². The number of nitrogens with one attached hydrogen (secondary N) is 1. The van der Waals surface area contributed by atoms with Crippen molar-refractivity contribution in [2.45, 2.75) is 25.5 Å². The molecule has 1 aliphatic heterocycles. The molecule has 3 aromatic rings. The summed E-state index contributed by atoms with van der Waals surface area (Å²) in [5, 5.41) is 4.01. The highest BCUT2D eigenvalue weighted by Crippen LogP contribution is 2.32. The van der Waals surface area contributed by atoms with Gasteiger partial charge in [0.2, 0.25) is 0 Å². The quantitative estimate of drug-likeness (QED) is 0.607. The fraction of sp³-hybridized carbons (Fsp3) is 0.375. The SMILES string of the molecule is COCc1c(C(=O)NC[C@@H](c2ccccc2OC)N2CCCC2)oc2ccccc12. The Labute approximate surface area is 176 Å². The van der Waals surface area contributed by atoms with Crippen molar-refractivity contribution in [2.75, 3.05) is 33.9 Å². The molecule has 0 spiro atoms. The number of carbonyl (C=O) groups excluding carboxylic acids is 1. The second-order valence-corrected chi connectivity index (χ2v) is 7.55. The zero-order valence-electron chi connectivity index (χ0n) is 17.5. The van der Waals surface area contributed by atoms with Crippen molar-refractivity contribution in [3.8, 4) is 5.75 Å². The van der Waals surface area contributed by atoms with Crippen LogP contribution in [0.4, 0.5) is 0 Å². The van der Waals surface area contributed by atoms with Crippen molar-refractivity contribution in [1.82, 2.24) is 10.2 Å². The Kier molecular flexibility index (Phi) is 6.35. The number of amides is 1. The molecule has 30 heavy (non-hydrogen) atoms. The van der Waals surface area contributed by atoms with Gasteiger partial charge in [0, 0.05) is 30.2 Å². The van der Waals surface area contributed by atoms with E-state index in [4.69, 9.17) is 13.9 Å². The van der Waals surface area contributed by atoms with Gasteiger partial charge < -0.3 is 19.2 Å². The standard InChI is InChI=1S/C24H28N2O4/c1-28-16-19-17-9-3-6-12-22(17)30-23(19)24(27)25-15-20(26-13-7-8-14-26)18-10-4-5-11-21(18)29-2/h3-6,9-12,20H,7-8,13-16H2,1-2H3,(H,25,27)/t20-/m0/s1. The number of methoxy groups -OCH3 is 2. The van der Waals surface area contributed by atoms with Crippen LogP contribution in [-0.4, -0.2) is 44.7 Å². The Hall–Kier alpha value is -2.83. The highest BCUT2D eigenvalue weighted by molar-refractivity contribution is 5.99. The predicted octanol–water partition coefficient (Wildman–Crippen LogP) is 4.15. The van der Waals surface area contributed by atoms with E-state index >= 15 is 0 Å². The first-order valence-electron chi connectivity index (χ1n) is 10.4. The number of hydrogen-bond acceptors (Lipinski definition) is 5. The normalized spacial score (nSPS) is 15.4. The minimum atomic E-state index is -0.225. The van der Waals surface area contributed by atoms with E-state index in [2.05, 4.69) is 16.3 Å². The first kappa shape index (κ1) is 20.4. The number of carbonyl (C=O) groups is 1. The van der Waals surface area contributed by atoms with Crippen LogP contribution in [0.2, 0.25) is 0 Å². The van der Waals surface area contributed by atoms with E-state index in [0.29, 0.717) is 24.5 Å². The lowest BCUT2D eigenvalue weighted by molar-refractivity contribution is 0.0905. The zero-order chi connectivity index (χ0) is 20.9. The molecule has 6 nitrogen and oxygen atoms in total. The maximum atomic E-state index is 13.1. The third-order valence-electron chi connectivity index (χ3n) is 5.73. The van der Waals surface area contributed by atoms with Crippen LogP contribution in [0.5, 0.6) is 5.75 Å². The molecular formula is C24H28N2O4. The lowest BCUT2D eigenvalue weighted by Gasteiger charge is -2.29. The summed E-state index contributed by atoms with van der Waals surface area (Å²) >= 11 is 0. The van der Waals surface area contributed by atoms with Gasteiger partial charge in [-0.2, -0.15) is 0 Å². The zero-order valence-corrected chi connectivity index (χ0v) is 17.5. The maximum Gasteiger partial charge on any atom is 0.287 e. The van der Waals surface area contributed by atoms with Crippen molar-refractivity contribution in [3.05, 3.63) is 65.4 Å². The number of nitrogens with zero attached hydrogens (tertiary/aromatic N) is 1. The Morgan fingerprint density at radius 3 is 2.60 bits per heavy atom. The number of benzene rings is 2. The van der Waals surface area contributed by atoms with Gasteiger partial charge in [-0.1, -0.05) is 36.4 Å². The highest BCUT2D eigenvalue weighted by atomic mass is 16.5. The lowest BCUT2D eigenvalue weighted by Crippen LogP contribution is -2.37. The fourth-order valence-electron chi connectivity index (χ4n) is 4.27. The summed E-state index contributed by atoms with van der Waals surface area (Å²) in [6.45, 7) is 2.82. The van der Waals surface area contributed by atoms with Crippen molar-refractivity contribution in [1.29, 1.82) is 0 Å². The van der Waals surface area contributed by atoms with Gasteiger partial charge in [0.1, 0.15) is 11.3 Å². The summed E-state index contributed by atoms with van der Waals surface area (Å²) in [6.07, 6.45) is 2.34. The molecule has 2 aromatic carbocycles. The minimum absolute atomic E-state index is 0.0443. The maximum absolute atomic E-state index is 13.1. The molecule has 4 rings (SSSR count). The molecule has 1 aliphatic rings. The van der Waals surface area contributed by atoms with E-state index in [1.54, 1.807) is 14.2 Å². The summed E-state index contributed by atoms with van der Waals surface area (Å²) in [4.78, 5) is 15.5. The molecule has 1 aromatic heterocycles. The third-order valence-corrected chi connectivity index (χ3v) is 5.73. The number of furan rings is 1. The van der Waals surface area contributed by atoms with Crippen LogP contribution in [0.15, 0.2) is 52.9 Å². The summed E-state index contributed by atoms with van der Waals surface area (Å²) in [7, 11) is 3.30. The molecule has 1 atom stereocenters. The molecule has 2 heterocycles. The number of likely N-dealkylation sites (tertiary alicyclic amines) is 1. The van der Waals surface area contributed by atoms with Crippen LogP contribution in [0.3, 0.4) is 0 Å². The molecule has 0 saturated carbocycles. The molecule has 1 amide bonds. The van der Waals surface area contributed by atoms with Crippen LogP contribution in [0.25, 0.3) is 11.0 Å². The van der Waals surface area contributed by atoms with E-state index in [1.165, 1.54) is 12.8 Å². The van der Waals surface area contributed by atoms with Gasteiger partial charge in [0.15, 0.2) is 5.76 Å². The molecule has 1 N–H and O–H groups in total. The van der Waals surface area contributed by atoms with E-state index in [-0.39, 0.29) is 11.9 Å². The van der Waals surface area contributed by atoms with Crippen molar-refractivity contribution in [3.63, 3.8) is 0 Å². The van der Waals surface area contributed by atoms with Gasteiger partial charge in [-0.15, -0.1) is 0 Å². The molecular weight excluding hydrogens is 380 g/mol. The summed E-state index contributed by atoms with van der Waals surface area (Å²) in [6, 6.07) is 15.7. The van der Waals surface area contributed by atoms with E-state index in [0.717, 1.165) is 35.4 Å². The van der Waals surface area contributed by atoms with Crippen LogP contribution >= 0.6 is 0 Å². The van der Waals surface area contributed by atoms with E-state index in [9.17, 15) is 4.79 Å². The molecule has 0 radical (unpaired) electrons. The molecule has 0 bridgehead atoms. The average molecular weight is 408 g/mol. The van der Waals surface area contributed by atoms with Crippen LogP contribution in [0, 0.1) is 0 Å². The summed E-state index contributed by atoms with van der Waals surface area (Å²) < 4.78 is 16.8. The molecule has 6 heteroatoms. The molecule has 158 valence electrons. The van der Waals surface area contributed by atoms with E-state index in [1.807, 2.05) is 42.5 Å². The van der Waals surface area contributed by atoms with Crippen molar-refractivity contribution < 1.29 is 18.7 Å². The Balaban J connectivity index is 1.59. The van der Waals surface area contributed by atoms with Gasteiger partial charge in [-0.05, 0) is 38.1 Å². The predicted molar refractivity (Wildman–Crippen MR) is 116 cm³/mol. The molecule has 0 unspecified atom stereocenters. The Morgan fingerprint density at radius 1 is 1.10 bits per heavy atom. The van der Waals surface area contributed by atoms with Crippen molar-refractivity contribution >= 4 is 16.9 Å². The number of ether oxygens (including phenoxy) is 2. The first-order valence-corrected chi connectivity index (χ1v) is 10.4. The van der Waals surface area contributed by atoms with Gasteiger partial charge >= 0.3 is 0 Å². The molecule has 1 saturated heterocycles. The number of para-hydroxylation sites is 2. The van der Waals surface area contributed by atoms with Crippen LogP contribution < -0.4 is 10.1 Å². The first-order chi connectivity index (χ1) is 14.7. The average Bonchev–Trinajstić information content (AvgIpc) is 3.43. The molecule has 0 aliphatic carbocycles. The minimum Gasteiger partial charge on any atom is -0.496 e. The lowest BCUT2D eigenvalue weighted by atomic mass is 10.0. The van der Waals surface area contributed by atoms with Gasteiger partial charge in [0.05, 0.1) is 19.8 Å². The highest BCUT2D eigenvalue weighted by Gasteiger charge is 2.27. The van der Waals surface area contributed by atoms with Crippen LogP contribution in [0.1, 0.15) is 40.6 Å². The van der Waals surface area contributed by atoms with E-state index < -0.39 is 0 Å². The summed E-state index contributed by atoms with van der Waals surface area (Å²) in [5.74, 6) is 0.933. The van der Waals surface area contributed by atoms with Crippen LogP contribution in [-0.2, 0) is 11.3 Å². The van der Waals surface area contributed by atoms with Gasteiger partial charge in [-0.3, -0.25) is 9.69 Å². The van der Waals surface area contributed by atoms with Gasteiger partial charge in [-0.25, -0.2) is 0 Å². The molecule has 1 fully saturated rings. The summed E-state index contributed by atoms with van der Waals surface area (Å²) in [5.41, 5.74) is 2.56. The monoisotopic (exact) mass is 408 g/mol. The number of hydrogen-bond donors (Lipinski definition) is 1. The topological polar surface area (TPSA) is 63.9 Å². The van der Waals surface area contributed by atoms with Crippen molar-refractivity contribution in [2.24, 2.45) is 0 Å². The Morgan fingerprint density at radius 2 is 1.83 bits per heavy atom. The second-order valence-electron chi connectivity index (χ2n) is 7.55. The Bertz CT molecular complexity index is 1010. The number of fused-ring (bicyclic) bond motifs is 1. The smallest absolute Gasteiger partial charge is 0.287 e. The number of rotatable bonds is 8. The largest absolute Gasteiger partial charge is 0.496 e. The third kappa shape index (κ3) is 4.06.